The third kappa shape index (κ3) is 4.63. The number of ether oxygens (including phenoxy) is 1. The lowest BCUT2D eigenvalue weighted by Gasteiger charge is -2.26. The Morgan fingerprint density at radius 2 is 1.60 bits per heavy atom. The molecule has 0 heterocycles. The predicted molar refractivity (Wildman–Crippen MR) is 119 cm³/mol. The molecule has 0 aromatic heterocycles. The van der Waals surface area contributed by atoms with E-state index in [9.17, 15) is 13.2 Å². The Bertz CT molecular complexity index is 1130. The molecule has 156 valence electrons. The van der Waals surface area contributed by atoms with Gasteiger partial charge >= 0.3 is 0 Å². The first-order chi connectivity index (χ1) is 14.3. The largest absolute Gasteiger partial charge is 0.497 e. The minimum atomic E-state index is -3.94. The fourth-order valence-electron chi connectivity index (χ4n) is 3.03. The zero-order valence-corrected chi connectivity index (χ0v) is 17.9. The maximum Gasteiger partial charge on any atom is 0.264 e. The molecule has 30 heavy (non-hydrogen) atoms. The normalized spacial score (nSPS) is 11.0. The number of benzene rings is 3. The topological polar surface area (TPSA) is 75.7 Å². The van der Waals surface area contributed by atoms with Crippen LogP contribution in [0.15, 0.2) is 77.7 Å². The van der Waals surface area contributed by atoms with Gasteiger partial charge in [0.05, 0.1) is 17.7 Å². The smallest absolute Gasteiger partial charge is 0.264 e. The quantitative estimate of drug-likeness (QED) is 0.618. The lowest BCUT2D eigenvalue weighted by Crippen LogP contribution is -2.38. The molecule has 1 amide bonds. The van der Waals surface area contributed by atoms with Crippen molar-refractivity contribution in [2.45, 2.75) is 18.7 Å². The van der Waals surface area contributed by atoms with Gasteiger partial charge in [-0.3, -0.25) is 9.10 Å². The van der Waals surface area contributed by atoms with Crippen LogP contribution in [0.5, 0.6) is 5.75 Å². The number of sulfonamides is 1. The molecule has 0 fully saturated rings. The van der Waals surface area contributed by atoms with Gasteiger partial charge in [-0.1, -0.05) is 30.3 Å². The average Bonchev–Trinajstić information content (AvgIpc) is 2.75. The molecule has 0 spiro atoms. The highest BCUT2D eigenvalue weighted by Crippen LogP contribution is 2.28. The summed E-state index contributed by atoms with van der Waals surface area (Å²) in [6, 6.07) is 20.4. The van der Waals surface area contributed by atoms with E-state index in [1.165, 1.54) is 12.1 Å². The highest BCUT2D eigenvalue weighted by molar-refractivity contribution is 7.92. The highest BCUT2D eigenvalue weighted by atomic mass is 32.2. The summed E-state index contributed by atoms with van der Waals surface area (Å²) in [5.41, 5.74) is 2.77. The molecule has 3 aromatic rings. The number of aryl methyl sites for hydroxylation is 1. The van der Waals surface area contributed by atoms with Crippen molar-refractivity contribution in [2.24, 2.45) is 0 Å². The molecular weight excluding hydrogens is 400 g/mol. The maximum atomic E-state index is 13.4. The van der Waals surface area contributed by atoms with Crippen molar-refractivity contribution in [3.05, 3.63) is 83.9 Å². The zero-order valence-electron chi connectivity index (χ0n) is 17.1. The third-order valence-corrected chi connectivity index (χ3v) is 6.61. The van der Waals surface area contributed by atoms with E-state index >= 15 is 0 Å². The third-order valence-electron chi connectivity index (χ3n) is 4.84. The van der Waals surface area contributed by atoms with Crippen LogP contribution in [0, 0.1) is 13.8 Å². The van der Waals surface area contributed by atoms with E-state index in [1.807, 2.05) is 19.9 Å². The van der Waals surface area contributed by atoms with Gasteiger partial charge in [0.1, 0.15) is 12.3 Å². The molecule has 0 atom stereocenters. The summed E-state index contributed by atoms with van der Waals surface area (Å²) in [6.07, 6.45) is 0. The van der Waals surface area contributed by atoms with Crippen LogP contribution in [-0.4, -0.2) is 28.0 Å². The van der Waals surface area contributed by atoms with Crippen LogP contribution < -0.4 is 14.4 Å². The molecule has 6 nitrogen and oxygen atoms in total. The van der Waals surface area contributed by atoms with Gasteiger partial charge in [-0.25, -0.2) is 8.42 Å². The number of amides is 1. The fourth-order valence-corrected chi connectivity index (χ4v) is 4.53. The summed E-state index contributed by atoms with van der Waals surface area (Å²) in [7, 11) is -2.38. The first-order valence-corrected chi connectivity index (χ1v) is 10.8. The van der Waals surface area contributed by atoms with Crippen LogP contribution in [0.3, 0.4) is 0 Å². The monoisotopic (exact) mass is 424 g/mol. The van der Waals surface area contributed by atoms with Gasteiger partial charge in [0.2, 0.25) is 5.91 Å². The van der Waals surface area contributed by atoms with Crippen LogP contribution in [0.25, 0.3) is 0 Å². The number of nitrogens with zero attached hydrogens (tertiary/aromatic N) is 1. The minimum absolute atomic E-state index is 0.128. The van der Waals surface area contributed by atoms with E-state index in [1.54, 1.807) is 61.7 Å². The fraction of sp³-hybridized carbons (Fsp3) is 0.174. The Hall–Kier alpha value is -3.32. The molecule has 3 rings (SSSR count). The molecule has 0 bridgehead atoms. The first kappa shape index (κ1) is 21.4. The van der Waals surface area contributed by atoms with Crippen LogP contribution in [0.1, 0.15) is 11.1 Å². The Kier molecular flexibility index (Phi) is 6.42. The van der Waals surface area contributed by atoms with Gasteiger partial charge in [-0.05, 0) is 67.4 Å². The van der Waals surface area contributed by atoms with Crippen LogP contribution in [-0.2, 0) is 14.8 Å². The number of anilines is 2. The second-order valence-electron chi connectivity index (χ2n) is 6.82. The average molecular weight is 425 g/mol. The molecule has 0 aliphatic heterocycles. The minimum Gasteiger partial charge on any atom is -0.497 e. The summed E-state index contributed by atoms with van der Waals surface area (Å²) < 4.78 is 33.1. The van der Waals surface area contributed by atoms with Gasteiger partial charge in [-0.2, -0.15) is 0 Å². The van der Waals surface area contributed by atoms with E-state index < -0.39 is 15.9 Å². The summed E-state index contributed by atoms with van der Waals surface area (Å²) in [4.78, 5) is 12.9. The molecule has 3 aromatic carbocycles. The summed E-state index contributed by atoms with van der Waals surface area (Å²) in [5, 5.41) is 2.75. The molecule has 0 saturated heterocycles. The van der Waals surface area contributed by atoms with Crippen LogP contribution in [0.4, 0.5) is 11.4 Å². The Balaban J connectivity index is 1.95. The number of hydrogen-bond acceptors (Lipinski definition) is 4. The second kappa shape index (κ2) is 9.00. The molecule has 0 radical (unpaired) electrons. The molecule has 7 heteroatoms. The number of carbonyl (C=O) groups excluding carboxylic acids is 1. The van der Waals surface area contributed by atoms with Gasteiger partial charge in [0, 0.05) is 5.69 Å². The van der Waals surface area contributed by atoms with Crippen molar-refractivity contribution in [3.8, 4) is 5.75 Å². The zero-order chi connectivity index (χ0) is 21.7. The lowest BCUT2D eigenvalue weighted by molar-refractivity contribution is -0.114. The van der Waals surface area contributed by atoms with E-state index in [0.717, 1.165) is 15.4 Å². The molecule has 0 saturated carbocycles. The summed E-state index contributed by atoms with van der Waals surface area (Å²) >= 11 is 0. The van der Waals surface area contributed by atoms with Gasteiger partial charge in [0.15, 0.2) is 0 Å². The van der Waals surface area contributed by atoms with Crippen molar-refractivity contribution in [1.29, 1.82) is 0 Å². The maximum absolute atomic E-state index is 13.4. The summed E-state index contributed by atoms with van der Waals surface area (Å²) in [6.45, 7) is 3.40. The number of rotatable bonds is 7. The molecule has 0 aliphatic carbocycles. The van der Waals surface area contributed by atoms with Crippen molar-refractivity contribution < 1.29 is 17.9 Å². The van der Waals surface area contributed by atoms with Crippen molar-refractivity contribution in [1.82, 2.24) is 0 Å². The Labute approximate surface area is 177 Å². The van der Waals surface area contributed by atoms with E-state index in [-0.39, 0.29) is 11.4 Å². The number of nitrogens with one attached hydrogen (secondary N) is 1. The van der Waals surface area contributed by atoms with Crippen LogP contribution in [0.2, 0.25) is 0 Å². The SMILES string of the molecule is COc1ccc(NC(=O)CN(c2cccc(C)c2C)S(=O)(=O)c2ccccc2)cc1. The highest BCUT2D eigenvalue weighted by Gasteiger charge is 2.28. The second-order valence-corrected chi connectivity index (χ2v) is 8.68. The van der Waals surface area contributed by atoms with E-state index in [0.29, 0.717) is 17.1 Å². The van der Waals surface area contributed by atoms with Crippen molar-refractivity contribution in [2.75, 3.05) is 23.3 Å². The number of hydrogen-bond donors (Lipinski definition) is 1. The lowest BCUT2D eigenvalue weighted by atomic mass is 10.1. The van der Waals surface area contributed by atoms with Crippen molar-refractivity contribution >= 4 is 27.3 Å². The number of carbonyl (C=O) groups is 1. The molecule has 0 aliphatic rings. The van der Waals surface area contributed by atoms with Crippen molar-refractivity contribution in [3.63, 3.8) is 0 Å². The molecular formula is C23H24N2O4S. The summed E-state index contributed by atoms with van der Waals surface area (Å²) in [5.74, 6) is 0.220. The van der Waals surface area contributed by atoms with E-state index in [2.05, 4.69) is 5.32 Å². The standard InChI is InChI=1S/C23H24N2O4S/c1-17-8-7-11-22(18(17)2)25(30(27,28)21-9-5-4-6-10-21)16-23(26)24-19-12-14-20(29-3)15-13-19/h4-15H,16H2,1-3H3,(H,24,26). The Morgan fingerprint density at radius 3 is 2.23 bits per heavy atom. The molecule has 0 unspecified atom stereocenters. The predicted octanol–water partition coefficient (Wildman–Crippen LogP) is 4.15. The van der Waals surface area contributed by atoms with Gasteiger partial charge in [0.25, 0.3) is 10.0 Å². The van der Waals surface area contributed by atoms with Gasteiger partial charge < -0.3 is 10.1 Å². The van der Waals surface area contributed by atoms with Crippen LogP contribution >= 0.6 is 0 Å². The number of methoxy groups -OCH3 is 1. The van der Waals surface area contributed by atoms with E-state index in [4.69, 9.17) is 4.74 Å². The molecule has 1 N–H and O–H groups in total. The van der Waals surface area contributed by atoms with Gasteiger partial charge in [-0.15, -0.1) is 0 Å². The first-order valence-electron chi connectivity index (χ1n) is 9.41. The Morgan fingerprint density at radius 1 is 0.933 bits per heavy atom.